The van der Waals surface area contributed by atoms with Crippen LogP contribution in [0.3, 0.4) is 0 Å². The predicted octanol–water partition coefficient (Wildman–Crippen LogP) is 3.18. The van der Waals surface area contributed by atoms with Crippen molar-refractivity contribution in [3.8, 4) is 0 Å². The lowest BCUT2D eigenvalue weighted by Gasteiger charge is -2.36. The maximum atomic E-state index is 13.0. The van der Waals surface area contributed by atoms with Crippen molar-refractivity contribution in [3.05, 3.63) is 29.0 Å². The van der Waals surface area contributed by atoms with Crippen LogP contribution in [0.5, 0.6) is 0 Å². The largest absolute Gasteiger partial charge is 0.363 e. The molecule has 0 N–H and O–H groups in total. The van der Waals surface area contributed by atoms with E-state index in [0.717, 1.165) is 18.5 Å². The van der Waals surface area contributed by atoms with Gasteiger partial charge in [0, 0.05) is 24.9 Å². The zero-order valence-corrected chi connectivity index (χ0v) is 10.1. The Morgan fingerprint density at radius 3 is 2.47 bits per heavy atom. The Morgan fingerprint density at radius 1 is 1.24 bits per heavy atom. The molecule has 0 aliphatic carbocycles. The number of nitrogens with zero attached hydrogens (tertiary/aromatic N) is 1. The quantitative estimate of drug-likeness (QED) is 0.766. The van der Waals surface area contributed by atoms with Gasteiger partial charge in [-0.3, -0.25) is 4.79 Å². The van der Waals surface area contributed by atoms with Crippen molar-refractivity contribution in [3.63, 3.8) is 0 Å². The highest BCUT2D eigenvalue weighted by Gasteiger charge is 2.40. The lowest BCUT2D eigenvalue weighted by molar-refractivity contribution is -0.120. The van der Waals surface area contributed by atoms with Crippen molar-refractivity contribution in [2.45, 2.75) is 37.8 Å². The Hall–Kier alpha value is -1.09. The van der Waals surface area contributed by atoms with Gasteiger partial charge in [0.25, 0.3) is 0 Å². The summed E-state index contributed by atoms with van der Waals surface area (Å²) in [6, 6.07) is 5.00. The van der Waals surface area contributed by atoms with Gasteiger partial charge in [0.05, 0.1) is 10.7 Å². The average Bonchev–Trinajstić information content (AvgIpc) is 2.53. The molecule has 0 saturated carbocycles. The number of halogens is 2. The first-order valence-electron chi connectivity index (χ1n) is 5.90. The molecule has 0 radical (unpaired) electrons. The first kappa shape index (κ1) is 11.0. The Morgan fingerprint density at radius 2 is 1.88 bits per heavy atom. The fraction of sp³-hybridized carbons (Fsp3) is 0.462. The summed E-state index contributed by atoms with van der Waals surface area (Å²) in [5.41, 5.74) is 0.869. The van der Waals surface area contributed by atoms with E-state index in [1.54, 1.807) is 6.07 Å². The van der Waals surface area contributed by atoms with E-state index in [0.29, 0.717) is 23.6 Å². The first-order valence-corrected chi connectivity index (χ1v) is 6.28. The van der Waals surface area contributed by atoms with E-state index in [-0.39, 0.29) is 17.9 Å². The summed E-state index contributed by atoms with van der Waals surface area (Å²) in [4.78, 5) is 13.7. The van der Waals surface area contributed by atoms with Gasteiger partial charge in [-0.15, -0.1) is 0 Å². The molecule has 2 aliphatic rings. The summed E-state index contributed by atoms with van der Waals surface area (Å²) in [5, 5.41) is 0.441. The SMILES string of the molecule is O=C1CC2CCC(C1)N2c1ccc(F)cc1Cl. The Labute approximate surface area is 104 Å². The predicted molar refractivity (Wildman–Crippen MR) is 64.9 cm³/mol. The Bertz CT molecular complexity index is 460. The minimum Gasteiger partial charge on any atom is -0.363 e. The number of carbonyl (C=O) groups is 1. The topological polar surface area (TPSA) is 20.3 Å². The lowest BCUT2D eigenvalue weighted by Crippen LogP contribution is -2.43. The average molecular weight is 254 g/mol. The third-order valence-electron chi connectivity index (χ3n) is 3.73. The third-order valence-corrected chi connectivity index (χ3v) is 4.04. The fourth-order valence-corrected chi connectivity index (χ4v) is 3.32. The number of hydrogen-bond acceptors (Lipinski definition) is 2. The number of fused-ring (bicyclic) bond motifs is 2. The molecule has 4 heteroatoms. The van der Waals surface area contributed by atoms with Gasteiger partial charge >= 0.3 is 0 Å². The first-order chi connectivity index (χ1) is 8.15. The van der Waals surface area contributed by atoms with Crippen LogP contribution in [0, 0.1) is 5.82 Å². The molecule has 0 amide bonds. The molecule has 3 rings (SSSR count). The molecule has 2 aliphatic heterocycles. The van der Waals surface area contributed by atoms with Crippen molar-refractivity contribution in [2.24, 2.45) is 0 Å². The number of hydrogen-bond donors (Lipinski definition) is 0. The van der Waals surface area contributed by atoms with Crippen LogP contribution in [-0.2, 0) is 4.79 Å². The van der Waals surface area contributed by atoms with Crippen LogP contribution < -0.4 is 4.90 Å². The Kier molecular flexibility index (Phi) is 2.58. The molecular formula is C13H13ClFNO. The van der Waals surface area contributed by atoms with Gasteiger partial charge in [0.15, 0.2) is 0 Å². The maximum Gasteiger partial charge on any atom is 0.137 e. The van der Waals surface area contributed by atoms with Crippen LogP contribution in [-0.4, -0.2) is 17.9 Å². The molecule has 0 spiro atoms. The highest BCUT2D eigenvalue weighted by molar-refractivity contribution is 6.33. The maximum absolute atomic E-state index is 13.0. The molecule has 2 saturated heterocycles. The van der Waals surface area contributed by atoms with Crippen molar-refractivity contribution < 1.29 is 9.18 Å². The van der Waals surface area contributed by atoms with Crippen LogP contribution in [0.25, 0.3) is 0 Å². The number of Topliss-reactive ketones (excluding diaryl/α,β-unsaturated/α-hetero) is 1. The molecule has 2 fully saturated rings. The molecule has 2 bridgehead atoms. The molecular weight excluding hydrogens is 241 g/mol. The van der Waals surface area contributed by atoms with Crippen molar-refractivity contribution in [2.75, 3.05) is 4.90 Å². The molecule has 0 aromatic heterocycles. The van der Waals surface area contributed by atoms with Gasteiger partial charge in [-0.1, -0.05) is 11.6 Å². The molecule has 90 valence electrons. The van der Waals surface area contributed by atoms with Crippen molar-refractivity contribution >= 4 is 23.1 Å². The van der Waals surface area contributed by atoms with E-state index >= 15 is 0 Å². The third kappa shape index (κ3) is 1.82. The van der Waals surface area contributed by atoms with Crippen LogP contribution in [0.15, 0.2) is 18.2 Å². The summed E-state index contributed by atoms with van der Waals surface area (Å²) >= 11 is 6.09. The minimum absolute atomic E-state index is 0.254. The zero-order valence-electron chi connectivity index (χ0n) is 9.33. The molecule has 2 atom stereocenters. The minimum atomic E-state index is -0.320. The number of rotatable bonds is 1. The monoisotopic (exact) mass is 253 g/mol. The van der Waals surface area contributed by atoms with E-state index in [4.69, 9.17) is 11.6 Å². The van der Waals surface area contributed by atoms with E-state index in [1.165, 1.54) is 12.1 Å². The van der Waals surface area contributed by atoms with E-state index < -0.39 is 0 Å². The second-order valence-corrected chi connectivity index (χ2v) is 5.24. The fourth-order valence-electron chi connectivity index (χ4n) is 3.05. The summed E-state index contributed by atoms with van der Waals surface area (Å²) in [6.45, 7) is 0. The van der Waals surface area contributed by atoms with E-state index in [2.05, 4.69) is 4.90 Å². The van der Waals surface area contributed by atoms with Crippen LogP contribution in [0.1, 0.15) is 25.7 Å². The number of benzene rings is 1. The smallest absolute Gasteiger partial charge is 0.137 e. The number of anilines is 1. The van der Waals surface area contributed by atoms with Crippen LogP contribution in [0.2, 0.25) is 5.02 Å². The highest BCUT2D eigenvalue weighted by Crippen LogP contribution is 2.40. The number of piperidine rings is 1. The lowest BCUT2D eigenvalue weighted by atomic mass is 10.0. The van der Waals surface area contributed by atoms with Crippen LogP contribution in [0.4, 0.5) is 10.1 Å². The number of carbonyl (C=O) groups excluding carboxylic acids is 1. The zero-order chi connectivity index (χ0) is 12.0. The van der Waals surface area contributed by atoms with Gasteiger partial charge in [-0.25, -0.2) is 4.39 Å². The van der Waals surface area contributed by atoms with Gasteiger partial charge in [0.1, 0.15) is 11.6 Å². The van der Waals surface area contributed by atoms with Crippen molar-refractivity contribution in [1.29, 1.82) is 0 Å². The summed E-state index contributed by atoms with van der Waals surface area (Å²) < 4.78 is 13.0. The molecule has 2 heterocycles. The molecule has 1 aromatic rings. The van der Waals surface area contributed by atoms with Crippen LogP contribution >= 0.6 is 11.6 Å². The van der Waals surface area contributed by atoms with Gasteiger partial charge in [-0.2, -0.15) is 0 Å². The summed E-state index contributed by atoms with van der Waals surface area (Å²) in [7, 11) is 0. The summed E-state index contributed by atoms with van der Waals surface area (Å²) in [6.07, 6.45) is 3.27. The number of ketones is 1. The molecule has 2 unspecified atom stereocenters. The second kappa shape index (κ2) is 3.98. The normalized spacial score (nSPS) is 27.6. The molecule has 17 heavy (non-hydrogen) atoms. The molecule has 1 aromatic carbocycles. The second-order valence-electron chi connectivity index (χ2n) is 4.83. The molecule has 2 nitrogen and oxygen atoms in total. The summed E-state index contributed by atoms with van der Waals surface area (Å²) in [5.74, 6) is 0.0196. The van der Waals surface area contributed by atoms with E-state index in [9.17, 15) is 9.18 Å². The van der Waals surface area contributed by atoms with Gasteiger partial charge < -0.3 is 4.90 Å². The van der Waals surface area contributed by atoms with E-state index in [1.807, 2.05) is 0 Å². The van der Waals surface area contributed by atoms with Crippen molar-refractivity contribution in [1.82, 2.24) is 0 Å². The standard InChI is InChI=1S/C13H13ClFNO/c14-12-5-8(15)1-4-13(12)16-9-2-3-10(16)7-11(17)6-9/h1,4-5,9-10H,2-3,6-7H2. The van der Waals surface area contributed by atoms with Gasteiger partial charge in [0.2, 0.25) is 0 Å². The highest BCUT2D eigenvalue weighted by atomic mass is 35.5. The van der Waals surface area contributed by atoms with Gasteiger partial charge in [-0.05, 0) is 31.0 Å². The Balaban J connectivity index is 1.97.